The molecule has 2 nitrogen and oxygen atoms in total. The van der Waals surface area contributed by atoms with Crippen LogP contribution in [0.2, 0.25) is 5.15 Å². The molecule has 0 aliphatic carbocycles. The number of hydrogen-bond donors (Lipinski definition) is 0. The van der Waals surface area contributed by atoms with Crippen molar-refractivity contribution in [2.75, 3.05) is 0 Å². The second kappa shape index (κ2) is 4.30. The van der Waals surface area contributed by atoms with Gasteiger partial charge in [-0.05, 0) is 30.2 Å². The zero-order chi connectivity index (χ0) is 12.7. The van der Waals surface area contributed by atoms with Gasteiger partial charge < -0.3 is 0 Å². The van der Waals surface area contributed by atoms with E-state index >= 15 is 0 Å². The zero-order valence-corrected chi connectivity index (χ0v) is 11.0. The molecule has 0 atom stereocenters. The van der Waals surface area contributed by atoms with Crippen LogP contribution in [-0.4, -0.2) is 9.97 Å². The second-order valence-electron chi connectivity index (χ2n) is 3.91. The van der Waals surface area contributed by atoms with Crippen molar-refractivity contribution in [3.05, 3.63) is 47.1 Å². The number of aromatic nitrogens is 2. The van der Waals surface area contributed by atoms with Gasteiger partial charge in [0.15, 0.2) is 0 Å². The summed E-state index contributed by atoms with van der Waals surface area (Å²) in [5.41, 5.74) is 2.87. The van der Waals surface area contributed by atoms with Crippen LogP contribution in [0.4, 0.5) is 4.39 Å². The fraction of sp³-hybridized carbons (Fsp3) is 0.0769. The van der Waals surface area contributed by atoms with Gasteiger partial charge in [-0.3, -0.25) is 0 Å². The van der Waals surface area contributed by atoms with Crippen LogP contribution in [0.15, 0.2) is 30.6 Å². The number of hydrogen-bond acceptors (Lipinski definition) is 3. The van der Waals surface area contributed by atoms with Crippen LogP contribution in [0.25, 0.3) is 20.7 Å². The molecular weight excluding hydrogens is 271 g/mol. The van der Waals surface area contributed by atoms with Gasteiger partial charge in [0.1, 0.15) is 17.3 Å². The quantitative estimate of drug-likeness (QED) is 0.614. The van der Waals surface area contributed by atoms with Crippen LogP contribution in [0, 0.1) is 12.7 Å². The second-order valence-corrected chi connectivity index (χ2v) is 5.28. The minimum Gasteiger partial charge on any atom is -0.235 e. The van der Waals surface area contributed by atoms with Crippen LogP contribution in [0.3, 0.4) is 0 Å². The van der Waals surface area contributed by atoms with E-state index in [9.17, 15) is 4.39 Å². The summed E-state index contributed by atoms with van der Waals surface area (Å²) in [5, 5.41) is 0.460. The predicted octanol–water partition coefficient (Wildman–Crippen LogP) is 4.46. The molecule has 18 heavy (non-hydrogen) atoms. The summed E-state index contributed by atoms with van der Waals surface area (Å²) in [6, 6.07) is 6.42. The highest BCUT2D eigenvalue weighted by Crippen LogP contribution is 2.39. The van der Waals surface area contributed by atoms with E-state index in [4.69, 9.17) is 11.6 Å². The van der Waals surface area contributed by atoms with Crippen LogP contribution in [0.5, 0.6) is 0 Å². The number of aryl methyl sites for hydroxylation is 1. The summed E-state index contributed by atoms with van der Waals surface area (Å²) in [7, 11) is 0. The van der Waals surface area contributed by atoms with Gasteiger partial charge in [-0.25, -0.2) is 14.4 Å². The summed E-state index contributed by atoms with van der Waals surface area (Å²) in [6.45, 7) is 1.99. The molecule has 0 saturated carbocycles. The number of fused-ring (bicyclic) bond motifs is 1. The van der Waals surface area contributed by atoms with Crippen molar-refractivity contribution in [3.63, 3.8) is 0 Å². The Labute approximate surface area is 112 Å². The Hall–Kier alpha value is -1.52. The molecule has 0 unspecified atom stereocenters. The number of thiophene rings is 1. The highest BCUT2D eigenvalue weighted by molar-refractivity contribution is 7.23. The van der Waals surface area contributed by atoms with E-state index in [2.05, 4.69) is 9.97 Å². The number of benzene rings is 1. The van der Waals surface area contributed by atoms with Gasteiger partial charge in [-0.2, -0.15) is 0 Å². The molecule has 90 valence electrons. The minimum atomic E-state index is -0.240. The van der Waals surface area contributed by atoms with Gasteiger partial charge in [0.05, 0.1) is 10.2 Å². The molecule has 0 radical (unpaired) electrons. The number of nitrogens with zero attached hydrogens (tertiary/aromatic N) is 2. The third-order valence-electron chi connectivity index (χ3n) is 2.77. The normalized spacial score (nSPS) is 11.1. The van der Waals surface area contributed by atoms with Crippen molar-refractivity contribution in [2.45, 2.75) is 6.92 Å². The van der Waals surface area contributed by atoms with Crippen LogP contribution < -0.4 is 0 Å². The Balaban J connectivity index is 2.27. The first-order chi connectivity index (χ1) is 8.66. The van der Waals surface area contributed by atoms with Crippen molar-refractivity contribution >= 4 is 33.2 Å². The molecule has 0 N–H and O–H groups in total. The van der Waals surface area contributed by atoms with E-state index in [1.807, 2.05) is 6.92 Å². The van der Waals surface area contributed by atoms with E-state index in [1.165, 1.54) is 29.8 Å². The van der Waals surface area contributed by atoms with E-state index in [-0.39, 0.29) is 5.82 Å². The van der Waals surface area contributed by atoms with Gasteiger partial charge in [0, 0.05) is 4.88 Å². The molecule has 0 bridgehead atoms. The van der Waals surface area contributed by atoms with E-state index in [0.717, 1.165) is 26.2 Å². The molecule has 3 aromatic rings. The standard InChI is InChI=1S/C13H8ClFN2S/c1-7-10-12(13(14)17-6-16-10)18-11(7)8-2-4-9(15)5-3-8/h2-6H,1H3. The maximum atomic E-state index is 12.9. The average Bonchev–Trinajstić information content (AvgIpc) is 2.70. The van der Waals surface area contributed by atoms with Gasteiger partial charge in [0.2, 0.25) is 0 Å². The van der Waals surface area contributed by atoms with Crippen LogP contribution in [-0.2, 0) is 0 Å². The Bertz CT molecular complexity index is 722. The zero-order valence-electron chi connectivity index (χ0n) is 9.45. The van der Waals surface area contributed by atoms with Gasteiger partial charge in [-0.1, -0.05) is 23.7 Å². The van der Waals surface area contributed by atoms with E-state index < -0.39 is 0 Å². The molecule has 0 spiro atoms. The molecule has 2 heterocycles. The molecule has 0 fully saturated rings. The first-order valence-corrected chi connectivity index (χ1v) is 6.52. The molecule has 0 aliphatic heterocycles. The summed E-state index contributed by atoms with van der Waals surface area (Å²) in [4.78, 5) is 9.27. The van der Waals surface area contributed by atoms with Crippen molar-refractivity contribution in [1.82, 2.24) is 9.97 Å². The largest absolute Gasteiger partial charge is 0.235 e. The molecule has 3 rings (SSSR count). The van der Waals surface area contributed by atoms with Crippen molar-refractivity contribution in [3.8, 4) is 10.4 Å². The van der Waals surface area contributed by atoms with Gasteiger partial charge in [-0.15, -0.1) is 11.3 Å². The molecule has 1 aromatic carbocycles. The SMILES string of the molecule is Cc1c(-c2ccc(F)cc2)sc2c(Cl)ncnc12. The number of rotatable bonds is 1. The van der Waals surface area contributed by atoms with E-state index in [0.29, 0.717) is 5.15 Å². The average molecular weight is 279 g/mol. The topological polar surface area (TPSA) is 25.8 Å². The lowest BCUT2D eigenvalue weighted by atomic mass is 10.1. The fourth-order valence-electron chi connectivity index (χ4n) is 1.87. The lowest BCUT2D eigenvalue weighted by molar-refractivity contribution is 0.628. The van der Waals surface area contributed by atoms with E-state index in [1.54, 1.807) is 12.1 Å². The molecule has 2 aromatic heterocycles. The highest BCUT2D eigenvalue weighted by Gasteiger charge is 2.14. The monoisotopic (exact) mass is 278 g/mol. The molecule has 0 aliphatic rings. The van der Waals surface area contributed by atoms with Gasteiger partial charge >= 0.3 is 0 Å². The van der Waals surface area contributed by atoms with Crippen molar-refractivity contribution < 1.29 is 4.39 Å². The Morgan fingerprint density at radius 3 is 2.56 bits per heavy atom. The molecular formula is C13H8ClFN2S. The summed E-state index contributed by atoms with van der Waals surface area (Å²) < 4.78 is 13.8. The third-order valence-corrected chi connectivity index (χ3v) is 4.50. The summed E-state index contributed by atoms with van der Waals surface area (Å²) >= 11 is 7.58. The first kappa shape index (κ1) is 11.6. The third kappa shape index (κ3) is 1.78. The molecule has 0 saturated heterocycles. The minimum absolute atomic E-state index is 0.240. The van der Waals surface area contributed by atoms with Crippen LogP contribution >= 0.6 is 22.9 Å². The van der Waals surface area contributed by atoms with Crippen molar-refractivity contribution in [2.24, 2.45) is 0 Å². The predicted molar refractivity (Wildman–Crippen MR) is 72.6 cm³/mol. The Morgan fingerprint density at radius 2 is 1.89 bits per heavy atom. The summed E-state index contributed by atoms with van der Waals surface area (Å²) in [5.74, 6) is -0.240. The Morgan fingerprint density at radius 1 is 1.17 bits per heavy atom. The smallest absolute Gasteiger partial charge is 0.150 e. The molecule has 5 heteroatoms. The molecule has 0 amide bonds. The lowest BCUT2D eigenvalue weighted by Gasteiger charge is -1.98. The number of halogens is 2. The Kier molecular flexibility index (Phi) is 2.76. The first-order valence-electron chi connectivity index (χ1n) is 5.32. The van der Waals surface area contributed by atoms with Crippen LogP contribution in [0.1, 0.15) is 5.56 Å². The fourth-order valence-corrected chi connectivity index (χ4v) is 3.27. The summed E-state index contributed by atoms with van der Waals surface area (Å²) in [6.07, 6.45) is 1.46. The van der Waals surface area contributed by atoms with Crippen molar-refractivity contribution in [1.29, 1.82) is 0 Å². The van der Waals surface area contributed by atoms with Gasteiger partial charge in [0.25, 0.3) is 0 Å². The maximum absolute atomic E-state index is 12.9. The maximum Gasteiger partial charge on any atom is 0.150 e. The highest BCUT2D eigenvalue weighted by atomic mass is 35.5. The lowest BCUT2D eigenvalue weighted by Crippen LogP contribution is -1.81.